The van der Waals surface area contributed by atoms with Crippen LogP contribution in [-0.4, -0.2) is 12.6 Å². The van der Waals surface area contributed by atoms with Gasteiger partial charge < -0.3 is 14.5 Å². The average Bonchev–Trinajstić information content (AvgIpc) is 3.00. The van der Waals surface area contributed by atoms with Gasteiger partial charge in [-0.05, 0) is 31.7 Å². The highest BCUT2D eigenvalue weighted by Gasteiger charge is 2.21. The zero-order valence-corrected chi connectivity index (χ0v) is 11.1. The van der Waals surface area contributed by atoms with E-state index in [-0.39, 0.29) is 0 Å². The molecule has 0 bridgehead atoms. The lowest BCUT2D eigenvalue weighted by Crippen LogP contribution is -2.21. The van der Waals surface area contributed by atoms with Crippen LogP contribution in [0, 0.1) is 12.8 Å². The highest BCUT2D eigenvalue weighted by molar-refractivity contribution is 5.20. The molecule has 0 aliphatic heterocycles. The zero-order valence-electron chi connectivity index (χ0n) is 11.1. The molecule has 0 spiro atoms. The molecule has 96 valence electrons. The van der Waals surface area contributed by atoms with Gasteiger partial charge in [0, 0.05) is 24.8 Å². The maximum absolute atomic E-state index is 5.68. The van der Waals surface area contributed by atoms with Crippen molar-refractivity contribution in [2.24, 2.45) is 5.92 Å². The van der Waals surface area contributed by atoms with E-state index in [0.717, 1.165) is 30.6 Å². The highest BCUT2D eigenvalue weighted by Crippen LogP contribution is 2.29. The van der Waals surface area contributed by atoms with E-state index in [1.807, 2.05) is 6.92 Å². The lowest BCUT2D eigenvalue weighted by Gasteiger charge is -2.05. The minimum absolute atomic E-state index is 0.499. The molecule has 1 aliphatic rings. The van der Waals surface area contributed by atoms with Crippen LogP contribution >= 0.6 is 0 Å². The van der Waals surface area contributed by atoms with Gasteiger partial charge in [0.15, 0.2) is 0 Å². The molecule has 0 unspecified atom stereocenters. The third-order valence-corrected chi connectivity index (χ3v) is 3.07. The lowest BCUT2D eigenvalue weighted by molar-refractivity contribution is 0.0967. The van der Waals surface area contributed by atoms with E-state index in [2.05, 4.69) is 25.2 Å². The first-order valence-corrected chi connectivity index (χ1v) is 6.54. The van der Waals surface area contributed by atoms with Crippen LogP contribution in [0.3, 0.4) is 0 Å². The van der Waals surface area contributed by atoms with Crippen molar-refractivity contribution < 1.29 is 9.15 Å². The summed E-state index contributed by atoms with van der Waals surface area (Å²) in [4.78, 5) is 0. The summed E-state index contributed by atoms with van der Waals surface area (Å²) in [5.74, 6) is 2.76. The number of furan rings is 1. The molecule has 0 amide bonds. The summed E-state index contributed by atoms with van der Waals surface area (Å²) in [5.41, 5.74) is 1.24. The fraction of sp³-hybridized carbons (Fsp3) is 0.714. The maximum atomic E-state index is 5.68. The molecule has 2 rings (SSSR count). The van der Waals surface area contributed by atoms with Gasteiger partial charge in [-0.1, -0.05) is 13.8 Å². The fourth-order valence-electron chi connectivity index (χ4n) is 1.76. The third kappa shape index (κ3) is 4.17. The normalized spacial score (nSPS) is 15.8. The Kier molecular flexibility index (Phi) is 4.24. The Bertz CT molecular complexity index is 353. The van der Waals surface area contributed by atoms with E-state index < -0.39 is 0 Å². The minimum atomic E-state index is 0.499. The molecule has 0 radical (unpaired) electrons. The Morgan fingerprint density at radius 3 is 2.88 bits per heavy atom. The van der Waals surface area contributed by atoms with Crippen LogP contribution in [0.2, 0.25) is 0 Å². The maximum Gasteiger partial charge on any atom is 0.130 e. The summed E-state index contributed by atoms with van der Waals surface area (Å²) >= 11 is 0. The van der Waals surface area contributed by atoms with Crippen molar-refractivity contribution in [3.8, 4) is 0 Å². The van der Waals surface area contributed by atoms with E-state index >= 15 is 0 Å². The van der Waals surface area contributed by atoms with Crippen molar-refractivity contribution in [2.45, 2.75) is 52.8 Å². The Morgan fingerprint density at radius 2 is 2.24 bits per heavy atom. The van der Waals surface area contributed by atoms with Gasteiger partial charge in [0.1, 0.15) is 18.1 Å². The number of hydrogen-bond acceptors (Lipinski definition) is 3. The molecule has 17 heavy (non-hydrogen) atoms. The second-order valence-electron chi connectivity index (χ2n) is 5.29. The largest absolute Gasteiger partial charge is 0.464 e. The van der Waals surface area contributed by atoms with Crippen molar-refractivity contribution in [1.29, 1.82) is 0 Å². The van der Waals surface area contributed by atoms with E-state index in [0.29, 0.717) is 12.6 Å². The van der Waals surface area contributed by atoms with Crippen molar-refractivity contribution in [3.63, 3.8) is 0 Å². The smallest absolute Gasteiger partial charge is 0.130 e. The minimum Gasteiger partial charge on any atom is -0.464 e. The lowest BCUT2D eigenvalue weighted by atomic mass is 10.2. The molecule has 1 aliphatic carbocycles. The van der Waals surface area contributed by atoms with Crippen molar-refractivity contribution in [3.05, 3.63) is 23.2 Å². The topological polar surface area (TPSA) is 34.4 Å². The van der Waals surface area contributed by atoms with Crippen LogP contribution in [0.25, 0.3) is 0 Å². The van der Waals surface area contributed by atoms with Gasteiger partial charge in [-0.3, -0.25) is 0 Å². The molecule has 1 N–H and O–H groups in total. The summed E-state index contributed by atoms with van der Waals surface area (Å²) in [5, 5.41) is 3.40. The van der Waals surface area contributed by atoms with Gasteiger partial charge in [0.25, 0.3) is 0 Å². The first-order chi connectivity index (χ1) is 8.15. The van der Waals surface area contributed by atoms with E-state index in [9.17, 15) is 0 Å². The third-order valence-electron chi connectivity index (χ3n) is 3.07. The molecule has 1 fully saturated rings. The molecule has 0 saturated heterocycles. The summed E-state index contributed by atoms with van der Waals surface area (Å²) < 4.78 is 11.3. The fourth-order valence-corrected chi connectivity index (χ4v) is 1.76. The van der Waals surface area contributed by atoms with E-state index in [1.165, 1.54) is 18.4 Å². The number of hydrogen-bond donors (Lipinski definition) is 1. The number of nitrogens with one attached hydrogen (secondary N) is 1. The van der Waals surface area contributed by atoms with Crippen molar-refractivity contribution in [1.82, 2.24) is 5.32 Å². The van der Waals surface area contributed by atoms with Crippen LogP contribution in [0.4, 0.5) is 0 Å². The second-order valence-corrected chi connectivity index (χ2v) is 5.29. The zero-order chi connectivity index (χ0) is 12.3. The number of ether oxygens (including phenoxy) is 1. The molecule has 1 aromatic rings. The standard InChI is InChI=1S/C14H23NO2/c1-10(2)15-7-13-6-14(17-11(13)3)9-16-8-12-4-5-12/h6,10,12,15H,4-5,7-9H2,1-3H3. The summed E-state index contributed by atoms with van der Waals surface area (Å²) in [7, 11) is 0. The predicted octanol–water partition coefficient (Wildman–Crippen LogP) is 3.01. The molecule has 3 nitrogen and oxygen atoms in total. The molecule has 1 saturated carbocycles. The number of rotatable bonds is 7. The Labute approximate surface area is 104 Å². The molecule has 1 aromatic heterocycles. The number of aryl methyl sites for hydroxylation is 1. The first-order valence-electron chi connectivity index (χ1n) is 6.54. The van der Waals surface area contributed by atoms with Gasteiger partial charge in [-0.25, -0.2) is 0 Å². The average molecular weight is 237 g/mol. The van der Waals surface area contributed by atoms with Crippen LogP contribution in [-0.2, 0) is 17.9 Å². The second kappa shape index (κ2) is 5.69. The van der Waals surface area contributed by atoms with Crippen LogP contribution < -0.4 is 5.32 Å². The van der Waals surface area contributed by atoms with Gasteiger partial charge in [-0.2, -0.15) is 0 Å². The summed E-state index contributed by atoms with van der Waals surface area (Å²) in [6.07, 6.45) is 2.67. The molecule has 0 aromatic carbocycles. The van der Waals surface area contributed by atoms with Gasteiger partial charge in [0.2, 0.25) is 0 Å². The molecular formula is C14H23NO2. The summed E-state index contributed by atoms with van der Waals surface area (Å²) in [6, 6.07) is 2.61. The molecule has 1 heterocycles. The molecule has 3 heteroatoms. The summed E-state index contributed by atoms with van der Waals surface area (Å²) in [6.45, 7) is 8.68. The first kappa shape index (κ1) is 12.7. The van der Waals surface area contributed by atoms with E-state index in [1.54, 1.807) is 0 Å². The van der Waals surface area contributed by atoms with Gasteiger partial charge >= 0.3 is 0 Å². The monoisotopic (exact) mass is 237 g/mol. The molecule has 0 atom stereocenters. The quantitative estimate of drug-likeness (QED) is 0.791. The van der Waals surface area contributed by atoms with E-state index in [4.69, 9.17) is 9.15 Å². The molecular weight excluding hydrogens is 214 g/mol. The van der Waals surface area contributed by atoms with Crippen molar-refractivity contribution in [2.75, 3.05) is 6.61 Å². The van der Waals surface area contributed by atoms with Crippen LogP contribution in [0.5, 0.6) is 0 Å². The Balaban J connectivity index is 1.79. The van der Waals surface area contributed by atoms with Crippen LogP contribution in [0.15, 0.2) is 10.5 Å². The van der Waals surface area contributed by atoms with Gasteiger partial charge in [-0.15, -0.1) is 0 Å². The SMILES string of the molecule is Cc1oc(COCC2CC2)cc1CNC(C)C. The highest BCUT2D eigenvalue weighted by atomic mass is 16.5. The van der Waals surface area contributed by atoms with Crippen LogP contribution in [0.1, 0.15) is 43.8 Å². The van der Waals surface area contributed by atoms with Gasteiger partial charge in [0.05, 0.1) is 0 Å². The van der Waals surface area contributed by atoms with Crippen molar-refractivity contribution >= 4 is 0 Å². The predicted molar refractivity (Wildman–Crippen MR) is 67.8 cm³/mol. The Morgan fingerprint density at radius 1 is 1.47 bits per heavy atom. The Hall–Kier alpha value is -0.800.